The molecule has 4 nitrogen and oxygen atoms in total. The molecule has 0 radical (unpaired) electrons. The first-order chi connectivity index (χ1) is 12.7. The highest BCUT2D eigenvalue weighted by Gasteiger charge is 2.20. The highest BCUT2D eigenvalue weighted by molar-refractivity contribution is 5.89. The van der Waals surface area contributed by atoms with Crippen molar-refractivity contribution >= 4 is 12.0 Å². The SMILES string of the molecule is CCOc1ccc(/C=C/C(=O)Oc2ccc(C)cc2C(C)(C)C)cc1OC. The number of aryl methyl sites for hydroxylation is 1. The van der Waals surface area contributed by atoms with Gasteiger partial charge in [-0.15, -0.1) is 0 Å². The van der Waals surface area contributed by atoms with E-state index in [0.717, 1.165) is 16.7 Å². The molecule has 0 bridgehead atoms. The van der Waals surface area contributed by atoms with E-state index in [9.17, 15) is 4.79 Å². The second-order valence-corrected chi connectivity index (χ2v) is 7.35. The van der Waals surface area contributed by atoms with E-state index in [2.05, 4.69) is 26.8 Å². The van der Waals surface area contributed by atoms with Gasteiger partial charge >= 0.3 is 5.97 Å². The van der Waals surface area contributed by atoms with Crippen molar-refractivity contribution in [2.24, 2.45) is 0 Å². The second kappa shape index (κ2) is 8.76. The molecule has 144 valence electrons. The van der Waals surface area contributed by atoms with E-state index >= 15 is 0 Å². The Labute approximate surface area is 161 Å². The van der Waals surface area contributed by atoms with Gasteiger partial charge in [0.05, 0.1) is 13.7 Å². The maximum atomic E-state index is 12.3. The van der Waals surface area contributed by atoms with Crippen LogP contribution in [0.3, 0.4) is 0 Å². The number of methoxy groups -OCH3 is 1. The quantitative estimate of drug-likeness (QED) is 0.393. The van der Waals surface area contributed by atoms with Crippen LogP contribution in [-0.4, -0.2) is 19.7 Å². The van der Waals surface area contributed by atoms with Gasteiger partial charge in [-0.05, 0) is 49.1 Å². The van der Waals surface area contributed by atoms with E-state index in [0.29, 0.717) is 23.9 Å². The number of carbonyl (C=O) groups excluding carboxylic acids is 1. The number of carbonyl (C=O) groups is 1. The summed E-state index contributed by atoms with van der Waals surface area (Å²) in [5, 5.41) is 0. The third-order valence-electron chi connectivity index (χ3n) is 4.05. The average molecular weight is 368 g/mol. The molecule has 2 rings (SSSR count). The van der Waals surface area contributed by atoms with E-state index in [1.807, 2.05) is 44.2 Å². The summed E-state index contributed by atoms with van der Waals surface area (Å²) in [6.45, 7) is 10.8. The molecule has 0 aliphatic heterocycles. The monoisotopic (exact) mass is 368 g/mol. The van der Waals surface area contributed by atoms with Crippen molar-refractivity contribution in [3.05, 3.63) is 59.2 Å². The van der Waals surface area contributed by atoms with E-state index in [4.69, 9.17) is 14.2 Å². The first-order valence-electron chi connectivity index (χ1n) is 9.06. The molecule has 0 N–H and O–H groups in total. The second-order valence-electron chi connectivity index (χ2n) is 7.35. The summed E-state index contributed by atoms with van der Waals surface area (Å²) in [4.78, 5) is 12.3. The Bertz CT molecular complexity index is 829. The van der Waals surface area contributed by atoms with Crippen molar-refractivity contribution < 1.29 is 19.0 Å². The zero-order valence-corrected chi connectivity index (χ0v) is 17.0. The minimum absolute atomic E-state index is 0.117. The van der Waals surface area contributed by atoms with Gasteiger partial charge < -0.3 is 14.2 Å². The summed E-state index contributed by atoms with van der Waals surface area (Å²) in [6, 6.07) is 11.4. The molecular weight excluding hydrogens is 340 g/mol. The third kappa shape index (κ3) is 5.61. The molecule has 0 saturated carbocycles. The lowest BCUT2D eigenvalue weighted by Crippen LogP contribution is -2.15. The van der Waals surface area contributed by atoms with Gasteiger partial charge in [0.1, 0.15) is 5.75 Å². The molecule has 0 saturated heterocycles. The lowest BCUT2D eigenvalue weighted by Gasteiger charge is -2.22. The predicted octanol–water partition coefficient (Wildman–Crippen LogP) is 5.32. The van der Waals surface area contributed by atoms with Crippen molar-refractivity contribution in [3.63, 3.8) is 0 Å². The van der Waals surface area contributed by atoms with Gasteiger partial charge in [-0.3, -0.25) is 0 Å². The van der Waals surface area contributed by atoms with Crippen molar-refractivity contribution in [2.75, 3.05) is 13.7 Å². The Morgan fingerprint density at radius 2 is 1.74 bits per heavy atom. The van der Waals surface area contributed by atoms with Crippen molar-refractivity contribution in [1.29, 1.82) is 0 Å². The fourth-order valence-electron chi connectivity index (χ4n) is 2.69. The highest BCUT2D eigenvalue weighted by atomic mass is 16.5. The van der Waals surface area contributed by atoms with Gasteiger partial charge in [-0.25, -0.2) is 4.79 Å². The van der Waals surface area contributed by atoms with Crippen LogP contribution in [0, 0.1) is 6.92 Å². The zero-order chi connectivity index (χ0) is 20.0. The standard InChI is InChI=1S/C23H28O4/c1-7-26-20-12-9-17(15-21(20)25-6)10-13-22(24)27-19-11-8-16(2)14-18(19)23(3,4)5/h8-15H,7H2,1-6H3/b13-10+. The first-order valence-corrected chi connectivity index (χ1v) is 9.06. The molecule has 0 heterocycles. The van der Waals surface area contributed by atoms with Gasteiger partial charge in [0.15, 0.2) is 11.5 Å². The van der Waals surface area contributed by atoms with Crippen LogP contribution in [0.25, 0.3) is 6.08 Å². The van der Waals surface area contributed by atoms with Crippen molar-refractivity contribution in [3.8, 4) is 17.2 Å². The number of benzene rings is 2. The normalized spacial score (nSPS) is 11.5. The van der Waals surface area contributed by atoms with Gasteiger partial charge in [0, 0.05) is 11.6 Å². The van der Waals surface area contributed by atoms with Crippen LogP contribution in [0.15, 0.2) is 42.5 Å². The van der Waals surface area contributed by atoms with E-state index < -0.39 is 5.97 Å². The van der Waals surface area contributed by atoms with Crippen LogP contribution >= 0.6 is 0 Å². The fourth-order valence-corrected chi connectivity index (χ4v) is 2.69. The smallest absolute Gasteiger partial charge is 0.336 e. The Kier molecular flexibility index (Phi) is 6.67. The summed E-state index contributed by atoms with van der Waals surface area (Å²) in [5.74, 6) is 1.47. The fraction of sp³-hybridized carbons (Fsp3) is 0.348. The largest absolute Gasteiger partial charge is 0.493 e. The molecule has 0 fully saturated rings. The van der Waals surface area contributed by atoms with Crippen LogP contribution in [0.1, 0.15) is 44.4 Å². The number of rotatable bonds is 6. The van der Waals surface area contributed by atoms with Gasteiger partial charge in [-0.1, -0.05) is 44.5 Å². The molecule has 0 unspecified atom stereocenters. The first kappa shape index (κ1) is 20.6. The van der Waals surface area contributed by atoms with Gasteiger partial charge in [-0.2, -0.15) is 0 Å². The average Bonchev–Trinajstić information content (AvgIpc) is 2.61. The summed E-state index contributed by atoms with van der Waals surface area (Å²) < 4.78 is 16.4. The van der Waals surface area contributed by atoms with Crippen molar-refractivity contribution in [2.45, 2.75) is 40.0 Å². The number of ether oxygens (including phenoxy) is 3. The Hall–Kier alpha value is -2.75. The number of hydrogen-bond donors (Lipinski definition) is 0. The number of esters is 1. The molecule has 2 aromatic carbocycles. The molecule has 4 heteroatoms. The van der Waals surface area contributed by atoms with Gasteiger partial charge in [0.2, 0.25) is 0 Å². The summed E-state index contributed by atoms with van der Waals surface area (Å²) >= 11 is 0. The van der Waals surface area contributed by atoms with Crippen LogP contribution in [0.4, 0.5) is 0 Å². The van der Waals surface area contributed by atoms with Crippen LogP contribution < -0.4 is 14.2 Å². The van der Waals surface area contributed by atoms with E-state index in [1.54, 1.807) is 13.2 Å². The van der Waals surface area contributed by atoms with Crippen LogP contribution in [0.5, 0.6) is 17.2 Å². The molecule has 2 aromatic rings. The summed E-state index contributed by atoms with van der Waals surface area (Å²) in [6.07, 6.45) is 3.12. The summed E-state index contributed by atoms with van der Waals surface area (Å²) in [7, 11) is 1.59. The molecule has 0 aliphatic carbocycles. The molecule has 0 aliphatic rings. The van der Waals surface area contributed by atoms with E-state index in [-0.39, 0.29) is 5.41 Å². The molecule has 0 aromatic heterocycles. The lowest BCUT2D eigenvalue weighted by molar-refractivity contribution is -0.128. The minimum atomic E-state index is -0.419. The van der Waals surface area contributed by atoms with Crippen molar-refractivity contribution in [1.82, 2.24) is 0 Å². The Morgan fingerprint density at radius 3 is 2.37 bits per heavy atom. The highest BCUT2D eigenvalue weighted by Crippen LogP contribution is 2.32. The maximum Gasteiger partial charge on any atom is 0.336 e. The predicted molar refractivity (Wildman–Crippen MR) is 109 cm³/mol. The molecule has 0 spiro atoms. The Morgan fingerprint density at radius 1 is 1.04 bits per heavy atom. The maximum absolute atomic E-state index is 12.3. The molecule has 0 amide bonds. The lowest BCUT2D eigenvalue weighted by atomic mass is 9.85. The van der Waals surface area contributed by atoms with Crippen LogP contribution in [0.2, 0.25) is 0 Å². The molecule has 27 heavy (non-hydrogen) atoms. The van der Waals surface area contributed by atoms with E-state index in [1.165, 1.54) is 6.08 Å². The summed E-state index contributed by atoms with van der Waals surface area (Å²) in [5.41, 5.74) is 2.85. The number of hydrogen-bond acceptors (Lipinski definition) is 4. The topological polar surface area (TPSA) is 44.8 Å². The molecule has 0 atom stereocenters. The zero-order valence-electron chi connectivity index (χ0n) is 17.0. The molecular formula is C23H28O4. The third-order valence-corrected chi connectivity index (χ3v) is 4.05. The Balaban J connectivity index is 2.17. The van der Waals surface area contributed by atoms with Gasteiger partial charge in [0.25, 0.3) is 0 Å². The van der Waals surface area contributed by atoms with Crippen LogP contribution in [-0.2, 0) is 10.2 Å². The minimum Gasteiger partial charge on any atom is -0.493 e.